The summed E-state index contributed by atoms with van der Waals surface area (Å²) in [6, 6.07) is 4.01. The molecule has 2 aliphatic heterocycles. The van der Waals surface area contributed by atoms with Crippen molar-refractivity contribution in [1.29, 1.82) is 0 Å². The first-order chi connectivity index (χ1) is 19.7. The summed E-state index contributed by atoms with van der Waals surface area (Å²) in [4.78, 5) is 43.2. The van der Waals surface area contributed by atoms with E-state index in [1.165, 1.54) is 33.7 Å². The normalized spacial score (nSPS) is 20.5. The molecule has 1 aromatic carbocycles. The van der Waals surface area contributed by atoms with Crippen molar-refractivity contribution < 1.29 is 27.6 Å². The molecule has 3 atom stereocenters. The topological polar surface area (TPSA) is 105 Å². The van der Waals surface area contributed by atoms with Gasteiger partial charge in [0.2, 0.25) is 5.91 Å². The largest absolute Gasteiger partial charge is 0.417 e. The summed E-state index contributed by atoms with van der Waals surface area (Å²) < 4.78 is 43.7. The standard InChI is InChI=1S/C28H31BrF3N7O3/c1-14(2)8-17-12-34-39-22-13-37(26(41)16-6-7-20(29)19(10-16)28(30,31)32)15(3)9-18(22)27(42)38(25(17)39)23-11-21(24(40)33-4)36(5)35-23/h6-7,10-12,14-15,18,22H,8-9,13H2,1-5H3,(H,33,40)/t15-,18?,22?/m0/s1. The van der Waals surface area contributed by atoms with Crippen LogP contribution in [0, 0.1) is 11.8 Å². The molecule has 2 unspecified atom stereocenters. The lowest BCUT2D eigenvalue weighted by Crippen LogP contribution is -2.56. The number of hydrogen-bond donors (Lipinski definition) is 1. The fraction of sp³-hybridized carbons (Fsp3) is 0.464. The minimum Gasteiger partial charge on any atom is -0.354 e. The Morgan fingerprint density at radius 2 is 1.93 bits per heavy atom. The van der Waals surface area contributed by atoms with Crippen LogP contribution in [0.2, 0.25) is 0 Å². The maximum atomic E-state index is 14.2. The number of anilines is 2. The zero-order valence-electron chi connectivity index (χ0n) is 23.7. The molecule has 0 saturated carbocycles. The number of alkyl halides is 3. The molecule has 0 aliphatic carbocycles. The summed E-state index contributed by atoms with van der Waals surface area (Å²) in [6.07, 6.45) is -2.05. The molecule has 14 heteroatoms. The molecule has 1 fully saturated rings. The van der Waals surface area contributed by atoms with E-state index in [2.05, 4.69) is 31.4 Å². The number of carbonyl (C=O) groups excluding carboxylic acids is 3. The van der Waals surface area contributed by atoms with E-state index in [4.69, 9.17) is 0 Å². The molecule has 224 valence electrons. The van der Waals surface area contributed by atoms with Crippen LogP contribution < -0.4 is 10.2 Å². The van der Waals surface area contributed by atoms with Crippen LogP contribution in [0.5, 0.6) is 0 Å². The van der Waals surface area contributed by atoms with E-state index in [1.54, 1.807) is 30.9 Å². The molecule has 10 nitrogen and oxygen atoms in total. The van der Waals surface area contributed by atoms with Crippen LogP contribution in [0.15, 0.2) is 34.9 Å². The van der Waals surface area contributed by atoms with Crippen LogP contribution in [-0.4, -0.2) is 61.8 Å². The van der Waals surface area contributed by atoms with Crippen molar-refractivity contribution in [3.63, 3.8) is 0 Å². The Morgan fingerprint density at radius 1 is 1.21 bits per heavy atom. The number of carbonyl (C=O) groups is 3. The van der Waals surface area contributed by atoms with Gasteiger partial charge in [0, 0.05) is 48.3 Å². The van der Waals surface area contributed by atoms with E-state index in [0.29, 0.717) is 12.2 Å². The monoisotopic (exact) mass is 649 g/mol. The first-order valence-electron chi connectivity index (χ1n) is 13.6. The molecule has 42 heavy (non-hydrogen) atoms. The second kappa shape index (κ2) is 10.9. The molecule has 4 heterocycles. The molecule has 3 amide bonds. The van der Waals surface area contributed by atoms with E-state index in [0.717, 1.165) is 11.6 Å². The van der Waals surface area contributed by atoms with Crippen molar-refractivity contribution in [2.45, 2.75) is 51.9 Å². The summed E-state index contributed by atoms with van der Waals surface area (Å²) in [5.74, 6) is -0.677. The summed E-state index contributed by atoms with van der Waals surface area (Å²) in [6.45, 7) is 5.95. The zero-order valence-corrected chi connectivity index (χ0v) is 25.3. The van der Waals surface area contributed by atoms with Crippen molar-refractivity contribution in [2.75, 3.05) is 18.5 Å². The van der Waals surface area contributed by atoms with Gasteiger partial charge in [-0.05, 0) is 43.9 Å². The number of nitrogens with zero attached hydrogens (tertiary/aromatic N) is 6. The third kappa shape index (κ3) is 5.09. The maximum absolute atomic E-state index is 14.2. The Hall–Kier alpha value is -3.68. The smallest absolute Gasteiger partial charge is 0.354 e. The highest BCUT2D eigenvalue weighted by Crippen LogP contribution is 2.45. The van der Waals surface area contributed by atoms with E-state index >= 15 is 0 Å². The van der Waals surface area contributed by atoms with Crippen LogP contribution >= 0.6 is 15.9 Å². The Bertz CT molecular complexity index is 1560. The van der Waals surface area contributed by atoms with Gasteiger partial charge in [0.25, 0.3) is 11.8 Å². The fourth-order valence-electron chi connectivity index (χ4n) is 5.86. The van der Waals surface area contributed by atoms with Gasteiger partial charge in [-0.15, -0.1) is 0 Å². The molecule has 5 rings (SSSR count). The summed E-state index contributed by atoms with van der Waals surface area (Å²) in [7, 11) is 3.13. The van der Waals surface area contributed by atoms with Gasteiger partial charge < -0.3 is 10.2 Å². The van der Waals surface area contributed by atoms with Gasteiger partial charge in [-0.25, -0.2) is 9.58 Å². The van der Waals surface area contributed by atoms with E-state index in [-0.39, 0.29) is 52.2 Å². The van der Waals surface area contributed by atoms with Crippen LogP contribution in [0.3, 0.4) is 0 Å². The van der Waals surface area contributed by atoms with Crippen LogP contribution in [0.4, 0.5) is 24.8 Å². The quantitative estimate of drug-likeness (QED) is 0.430. The molecule has 3 aromatic rings. The highest BCUT2D eigenvalue weighted by Gasteiger charge is 2.49. The fourth-order valence-corrected chi connectivity index (χ4v) is 6.33. The second-order valence-electron chi connectivity index (χ2n) is 11.2. The number of amides is 3. The van der Waals surface area contributed by atoms with Crippen molar-refractivity contribution in [1.82, 2.24) is 29.8 Å². The predicted molar refractivity (Wildman–Crippen MR) is 151 cm³/mol. The van der Waals surface area contributed by atoms with Gasteiger partial charge in [0.05, 0.1) is 23.7 Å². The number of hydrogen-bond acceptors (Lipinski definition) is 5. The molecular formula is C28H31BrF3N7O3. The third-order valence-corrected chi connectivity index (χ3v) is 8.54. The van der Waals surface area contributed by atoms with Crippen molar-refractivity contribution >= 4 is 45.3 Å². The summed E-state index contributed by atoms with van der Waals surface area (Å²) in [5, 5.41) is 11.7. The first kappa shape index (κ1) is 29.8. The first-order valence-corrected chi connectivity index (χ1v) is 14.4. The molecule has 1 saturated heterocycles. The van der Waals surface area contributed by atoms with Crippen LogP contribution in [0.25, 0.3) is 0 Å². The summed E-state index contributed by atoms with van der Waals surface area (Å²) >= 11 is 2.93. The molecular weight excluding hydrogens is 619 g/mol. The molecule has 1 N–H and O–H groups in total. The van der Waals surface area contributed by atoms with Crippen LogP contribution in [0.1, 0.15) is 65.2 Å². The molecule has 0 spiro atoms. The highest BCUT2D eigenvalue weighted by atomic mass is 79.9. The van der Waals surface area contributed by atoms with Crippen molar-refractivity contribution in [3.8, 4) is 0 Å². The van der Waals surface area contributed by atoms with E-state index in [9.17, 15) is 27.6 Å². The number of rotatable bonds is 5. The molecule has 2 aliphatic rings. The minimum atomic E-state index is -4.63. The van der Waals surface area contributed by atoms with Crippen LogP contribution in [-0.2, 0) is 24.4 Å². The van der Waals surface area contributed by atoms with Gasteiger partial charge in [-0.3, -0.25) is 19.1 Å². The van der Waals surface area contributed by atoms with Crippen molar-refractivity contribution in [3.05, 3.63) is 57.3 Å². The van der Waals surface area contributed by atoms with Gasteiger partial charge in [-0.1, -0.05) is 29.8 Å². The lowest BCUT2D eigenvalue weighted by atomic mass is 9.84. The SMILES string of the molecule is CNC(=O)c1cc(N2C(=O)C3C[C@H](C)N(C(=O)c4ccc(Br)c(C(F)(F)F)c4)CC3n3ncc(CC(C)C)c32)nn1C. The van der Waals surface area contributed by atoms with E-state index in [1.807, 2.05) is 13.8 Å². The minimum absolute atomic E-state index is 0.0865. The number of aryl methyl sites for hydroxylation is 1. The Kier molecular flexibility index (Phi) is 7.71. The van der Waals surface area contributed by atoms with Gasteiger partial charge >= 0.3 is 6.18 Å². The number of nitrogens with one attached hydrogen (secondary N) is 1. The number of aromatic nitrogens is 4. The number of fused-ring (bicyclic) bond motifs is 3. The van der Waals surface area contributed by atoms with Crippen molar-refractivity contribution in [2.24, 2.45) is 18.9 Å². The predicted octanol–water partition coefficient (Wildman–Crippen LogP) is 4.73. The number of halogens is 4. The number of benzene rings is 1. The Labute approximate surface area is 249 Å². The highest BCUT2D eigenvalue weighted by molar-refractivity contribution is 9.10. The summed E-state index contributed by atoms with van der Waals surface area (Å²) in [5.41, 5.74) is 0.0677. The van der Waals surface area contributed by atoms with Gasteiger partial charge in [0.1, 0.15) is 11.5 Å². The maximum Gasteiger partial charge on any atom is 0.417 e. The Morgan fingerprint density at radius 3 is 2.57 bits per heavy atom. The average Bonchev–Trinajstić information content (AvgIpc) is 3.50. The number of likely N-dealkylation sites (tertiary alicyclic amines) is 1. The Balaban J connectivity index is 1.56. The molecule has 0 bridgehead atoms. The lowest BCUT2D eigenvalue weighted by Gasteiger charge is -2.46. The third-order valence-electron chi connectivity index (χ3n) is 7.84. The van der Waals surface area contributed by atoms with Gasteiger partial charge in [0.15, 0.2) is 5.82 Å². The lowest BCUT2D eigenvalue weighted by molar-refractivity contribution is -0.138. The number of piperidine rings is 1. The van der Waals surface area contributed by atoms with Gasteiger partial charge in [-0.2, -0.15) is 23.4 Å². The zero-order chi connectivity index (χ0) is 30.7. The molecule has 2 aromatic heterocycles. The second-order valence-corrected chi connectivity index (χ2v) is 12.1. The molecule has 0 radical (unpaired) electrons. The van der Waals surface area contributed by atoms with E-state index < -0.39 is 35.6 Å². The average molecular weight is 650 g/mol.